The Kier molecular flexibility index (Phi) is 3.94. The number of nitrogens with zero attached hydrogens (tertiary/aromatic N) is 3. The van der Waals surface area contributed by atoms with Gasteiger partial charge in [-0.25, -0.2) is 8.78 Å². The highest BCUT2D eigenvalue weighted by atomic mass is 19.1. The average Bonchev–Trinajstić information content (AvgIpc) is 3.42. The number of amides is 1. The summed E-state index contributed by atoms with van der Waals surface area (Å²) in [5.41, 5.74) is 2.65. The number of rotatable bonds is 3. The van der Waals surface area contributed by atoms with Gasteiger partial charge in [0, 0.05) is 30.8 Å². The maximum absolute atomic E-state index is 14.8. The van der Waals surface area contributed by atoms with Gasteiger partial charge in [-0.15, -0.1) is 0 Å². The van der Waals surface area contributed by atoms with Crippen LogP contribution in [0.1, 0.15) is 27.9 Å². The second-order valence-corrected chi connectivity index (χ2v) is 6.94. The fraction of sp³-hybridized carbons (Fsp3) is 0.190. The standard InChI is InChI=1S/C21H16F2N4O2/c1-27-16-8-15(22)18(19(23)14(16)10-25-27)21(28)26-12-5-4-11-9-24-20(13(11)7-12)17-3-2-6-29-17/h3-5,7-8,10H,2,6,9H2,1H3,(H,26,28). The van der Waals surface area contributed by atoms with Crippen LogP contribution in [0.2, 0.25) is 0 Å². The molecule has 146 valence electrons. The van der Waals surface area contributed by atoms with Crippen LogP contribution in [-0.4, -0.2) is 28.0 Å². The molecule has 1 aromatic heterocycles. The molecule has 0 bridgehead atoms. The third kappa shape index (κ3) is 2.79. The van der Waals surface area contributed by atoms with Gasteiger partial charge < -0.3 is 10.1 Å². The van der Waals surface area contributed by atoms with Crippen LogP contribution in [0.5, 0.6) is 0 Å². The summed E-state index contributed by atoms with van der Waals surface area (Å²) in [5.74, 6) is -2.01. The van der Waals surface area contributed by atoms with Crippen LogP contribution >= 0.6 is 0 Å². The fourth-order valence-electron chi connectivity index (χ4n) is 3.68. The van der Waals surface area contributed by atoms with Gasteiger partial charge in [-0.05, 0) is 23.8 Å². The van der Waals surface area contributed by atoms with Crippen molar-refractivity contribution in [3.8, 4) is 0 Å². The Bertz CT molecular complexity index is 1240. The molecule has 1 amide bonds. The van der Waals surface area contributed by atoms with Crippen molar-refractivity contribution in [2.45, 2.75) is 13.0 Å². The molecule has 2 aliphatic rings. The zero-order valence-corrected chi connectivity index (χ0v) is 15.5. The molecular weight excluding hydrogens is 378 g/mol. The minimum atomic E-state index is -0.941. The number of aliphatic imine (C=N–C) groups is 1. The van der Waals surface area contributed by atoms with Gasteiger partial charge in [0.25, 0.3) is 5.91 Å². The lowest BCUT2D eigenvalue weighted by Crippen LogP contribution is -2.16. The number of allylic oxidation sites excluding steroid dienone is 1. The van der Waals surface area contributed by atoms with Gasteiger partial charge in [-0.3, -0.25) is 14.5 Å². The molecule has 0 fully saturated rings. The Morgan fingerprint density at radius 2 is 2.14 bits per heavy atom. The van der Waals surface area contributed by atoms with E-state index in [0.29, 0.717) is 18.8 Å². The van der Waals surface area contributed by atoms with Crippen molar-refractivity contribution in [3.05, 3.63) is 70.6 Å². The van der Waals surface area contributed by atoms with E-state index < -0.39 is 23.1 Å². The molecule has 0 saturated heterocycles. The number of nitrogens with one attached hydrogen (secondary N) is 1. The first-order valence-corrected chi connectivity index (χ1v) is 9.15. The largest absolute Gasteiger partial charge is 0.491 e. The van der Waals surface area contributed by atoms with Gasteiger partial charge in [0.15, 0.2) is 0 Å². The van der Waals surface area contributed by atoms with Crippen molar-refractivity contribution in [1.29, 1.82) is 0 Å². The predicted octanol–water partition coefficient (Wildman–Crippen LogP) is 3.71. The molecule has 0 radical (unpaired) electrons. The first-order valence-electron chi connectivity index (χ1n) is 9.15. The maximum Gasteiger partial charge on any atom is 0.261 e. The molecule has 3 aromatic rings. The van der Waals surface area contributed by atoms with Crippen molar-refractivity contribution < 1.29 is 18.3 Å². The Labute approximate surface area is 164 Å². The van der Waals surface area contributed by atoms with Crippen molar-refractivity contribution in [3.63, 3.8) is 0 Å². The van der Waals surface area contributed by atoms with E-state index in [0.717, 1.165) is 35.1 Å². The molecule has 2 aromatic carbocycles. The topological polar surface area (TPSA) is 68.5 Å². The summed E-state index contributed by atoms with van der Waals surface area (Å²) in [6, 6.07) is 6.39. The van der Waals surface area contributed by atoms with Crippen molar-refractivity contribution in [2.75, 3.05) is 11.9 Å². The van der Waals surface area contributed by atoms with Gasteiger partial charge >= 0.3 is 0 Å². The van der Waals surface area contributed by atoms with E-state index in [-0.39, 0.29) is 10.9 Å². The van der Waals surface area contributed by atoms with E-state index in [1.807, 2.05) is 12.1 Å². The molecule has 6 nitrogen and oxygen atoms in total. The Hall–Kier alpha value is -3.55. The molecule has 29 heavy (non-hydrogen) atoms. The minimum Gasteiger partial charge on any atom is -0.491 e. The highest BCUT2D eigenvalue weighted by molar-refractivity contribution is 6.15. The van der Waals surface area contributed by atoms with Crippen molar-refractivity contribution in [1.82, 2.24) is 9.78 Å². The quantitative estimate of drug-likeness (QED) is 0.736. The predicted molar refractivity (Wildman–Crippen MR) is 104 cm³/mol. The van der Waals surface area contributed by atoms with Gasteiger partial charge in [0.05, 0.1) is 30.3 Å². The van der Waals surface area contributed by atoms with Crippen LogP contribution in [0.4, 0.5) is 14.5 Å². The summed E-state index contributed by atoms with van der Waals surface area (Å²) >= 11 is 0. The highest BCUT2D eigenvalue weighted by Crippen LogP contribution is 2.29. The summed E-state index contributed by atoms with van der Waals surface area (Å²) in [5, 5.41) is 6.60. The van der Waals surface area contributed by atoms with Gasteiger partial charge in [0.2, 0.25) is 0 Å². The third-order valence-electron chi connectivity index (χ3n) is 5.14. The number of hydrogen-bond donors (Lipinski definition) is 1. The van der Waals surface area contributed by atoms with Gasteiger partial charge in [-0.2, -0.15) is 5.10 Å². The Morgan fingerprint density at radius 1 is 1.28 bits per heavy atom. The molecule has 1 N–H and O–H groups in total. The molecule has 0 aliphatic carbocycles. The lowest BCUT2D eigenvalue weighted by molar-refractivity contribution is 0.101. The molecule has 5 rings (SSSR count). The van der Waals surface area contributed by atoms with E-state index in [4.69, 9.17) is 4.74 Å². The number of fused-ring (bicyclic) bond motifs is 2. The van der Waals surface area contributed by atoms with E-state index >= 15 is 0 Å². The van der Waals surface area contributed by atoms with E-state index in [1.54, 1.807) is 19.2 Å². The van der Waals surface area contributed by atoms with E-state index in [1.165, 1.54) is 10.9 Å². The van der Waals surface area contributed by atoms with Gasteiger partial charge in [0.1, 0.15) is 28.7 Å². The number of halogens is 2. The molecule has 8 heteroatoms. The average molecular weight is 394 g/mol. The summed E-state index contributed by atoms with van der Waals surface area (Å²) < 4.78 is 36.2. The van der Waals surface area contributed by atoms with Crippen LogP contribution in [0.15, 0.2) is 47.3 Å². The number of anilines is 1. The maximum atomic E-state index is 14.8. The number of hydrogen-bond acceptors (Lipinski definition) is 4. The Morgan fingerprint density at radius 3 is 2.93 bits per heavy atom. The molecule has 0 unspecified atom stereocenters. The third-order valence-corrected chi connectivity index (χ3v) is 5.14. The lowest BCUT2D eigenvalue weighted by atomic mass is 10.0. The molecule has 0 spiro atoms. The first-order chi connectivity index (χ1) is 14.0. The highest BCUT2D eigenvalue weighted by Gasteiger charge is 2.25. The zero-order valence-electron chi connectivity index (χ0n) is 15.5. The van der Waals surface area contributed by atoms with E-state index in [2.05, 4.69) is 15.4 Å². The van der Waals surface area contributed by atoms with Gasteiger partial charge in [-0.1, -0.05) is 6.07 Å². The molecular formula is C21H16F2N4O2. The zero-order chi connectivity index (χ0) is 20.1. The second kappa shape index (κ2) is 6.51. The van der Waals surface area contributed by atoms with Crippen LogP contribution in [0.25, 0.3) is 10.9 Å². The number of ether oxygens (including phenoxy) is 1. The summed E-state index contributed by atoms with van der Waals surface area (Å²) in [7, 11) is 1.58. The normalized spacial score (nSPS) is 15.1. The SMILES string of the molecule is Cn1ncc2c(F)c(C(=O)Nc3ccc4c(c3)C(C3=CCCO3)=NC4)c(F)cc21. The number of benzene rings is 2. The molecule has 0 atom stereocenters. The smallest absolute Gasteiger partial charge is 0.261 e. The summed E-state index contributed by atoms with van der Waals surface area (Å²) in [6.45, 7) is 1.15. The van der Waals surface area contributed by atoms with Crippen molar-refractivity contribution in [2.24, 2.45) is 12.0 Å². The lowest BCUT2D eigenvalue weighted by Gasteiger charge is -2.11. The molecule has 0 saturated carbocycles. The number of carbonyl (C=O) groups excluding carboxylic acids is 1. The fourth-order valence-corrected chi connectivity index (χ4v) is 3.68. The van der Waals surface area contributed by atoms with E-state index in [9.17, 15) is 13.6 Å². The minimum absolute atomic E-state index is 0.0905. The van der Waals surface area contributed by atoms with Crippen LogP contribution < -0.4 is 5.32 Å². The first kappa shape index (κ1) is 17.5. The summed E-state index contributed by atoms with van der Waals surface area (Å²) in [4.78, 5) is 17.2. The number of aromatic nitrogens is 2. The number of aryl methyl sites for hydroxylation is 1. The van der Waals surface area contributed by atoms with Crippen molar-refractivity contribution >= 4 is 28.2 Å². The van der Waals surface area contributed by atoms with Crippen LogP contribution in [0.3, 0.4) is 0 Å². The molecule has 3 heterocycles. The monoisotopic (exact) mass is 394 g/mol. The second-order valence-electron chi connectivity index (χ2n) is 6.94. The van der Waals surface area contributed by atoms with Crippen LogP contribution in [0, 0.1) is 11.6 Å². The Balaban J connectivity index is 1.47. The molecule has 2 aliphatic heterocycles. The summed E-state index contributed by atoms with van der Waals surface area (Å²) in [6.07, 6.45) is 4.08. The van der Waals surface area contributed by atoms with Crippen LogP contribution in [-0.2, 0) is 18.3 Å². The number of carbonyl (C=O) groups is 1.